The Labute approximate surface area is 118 Å². The zero-order valence-electron chi connectivity index (χ0n) is 11.8. The molecular formula is C15H20O5. The van der Waals surface area contributed by atoms with Gasteiger partial charge >= 0.3 is 11.9 Å². The molecule has 0 heterocycles. The van der Waals surface area contributed by atoms with Crippen LogP contribution >= 0.6 is 0 Å². The van der Waals surface area contributed by atoms with Crippen molar-refractivity contribution in [1.82, 2.24) is 0 Å². The maximum absolute atomic E-state index is 11.5. The Kier molecular flexibility index (Phi) is 6.56. The highest BCUT2D eigenvalue weighted by atomic mass is 16.5. The van der Waals surface area contributed by atoms with E-state index in [1.165, 1.54) is 0 Å². The molecule has 0 aliphatic rings. The van der Waals surface area contributed by atoms with Gasteiger partial charge in [0.2, 0.25) is 0 Å². The van der Waals surface area contributed by atoms with Crippen LogP contribution in [0.5, 0.6) is 5.75 Å². The van der Waals surface area contributed by atoms with E-state index >= 15 is 0 Å². The molecule has 0 saturated heterocycles. The second kappa shape index (κ2) is 8.19. The van der Waals surface area contributed by atoms with Crippen LogP contribution < -0.4 is 4.74 Å². The van der Waals surface area contributed by atoms with Crippen LogP contribution in [0.15, 0.2) is 24.3 Å². The average Bonchev–Trinajstić information content (AvgIpc) is 2.44. The van der Waals surface area contributed by atoms with Crippen molar-refractivity contribution in [3.8, 4) is 5.75 Å². The van der Waals surface area contributed by atoms with Crippen molar-refractivity contribution < 1.29 is 24.2 Å². The summed E-state index contributed by atoms with van der Waals surface area (Å²) < 4.78 is 9.82. The van der Waals surface area contributed by atoms with E-state index in [0.29, 0.717) is 12.8 Å². The molecule has 0 bridgehead atoms. The fourth-order valence-electron chi connectivity index (χ4n) is 1.89. The zero-order valence-corrected chi connectivity index (χ0v) is 11.8. The van der Waals surface area contributed by atoms with Gasteiger partial charge in [-0.3, -0.25) is 9.59 Å². The van der Waals surface area contributed by atoms with Gasteiger partial charge in [-0.05, 0) is 43.9 Å². The molecule has 1 aromatic carbocycles. The van der Waals surface area contributed by atoms with Crippen molar-refractivity contribution in [2.24, 2.45) is 5.92 Å². The number of ether oxygens (including phenoxy) is 2. The second-order valence-electron chi connectivity index (χ2n) is 4.38. The molecule has 0 fully saturated rings. The van der Waals surface area contributed by atoms with Crippen LogP contribution in [0, 0.1) is 5.92 Å². The molecule has 5 heteroatoms. The van der Waals surface area contributed by atoms with Crippen molar-refractivity contribution in [2.45, 2.75) is 26.2 Å². The van der Waals surface area contributed by atoms with Gasteiger partial charge < -0.3 is 14.6 Å². The van der Waals surface area contributed by atoms with E-state index in [1.54, 1.807) is 14.0 Å². The number of benzene rings is 1. The molecule has 1 rings (SSSR count). The second-order valence-corrected chi connectivity index (χ2v) is 4.38. The maximum Gasteiger partial charge on any atom is 0.320 e. The number of aryl methyl sites for hydroxylation is 1. The third-order valence-corrected chi connectivity index (χ3v) is 2.99. The van der Waals surface area contributed by atoms with Crippen LogP contribution in [0.4, 0.5) is 0 Å². The molecule has 1 N–H and O–H groups in total. The van der Waals surface area contributed by atoms with Gasteiger partial charge in [0, 0.05) is 0 Å². The van der Waals surface area contributed by atoms with Gasteiger partial charge in [0.15, 0.2) is 5.92 Å². The fourth-order valence-corrected chi connectivity index (χ4v) is 1.89. The van der Waals surface area contributed by atoms with Crippen LogP contribution in [0.1, 0.15) is 25.3 Å². The number of carboxylic acid groups (broad SMARTS) is 1. The number of carbonyl (C=O) groups excluding carboxylic acids is 1. The number of hydrogen-bond donors (Lipinski definition) is 1. The molecular weight excluding hydrogens is 260 g/mol. The molecule has 1 unspecified atom stereocenters. The third-order valence-electron chi connectivity index (χ3n) is 2.99. The van der Waals surface area contributed by atoms with E-state index in [1.807, 2.05) is 24.3 Å². The molecule has 1 aromatic rings. The van der Waals surface area contributed by atoms with Crippen molar-refractivity contribution in [3.63, 3.8) is 0 Å². The van der Waals surface area contributed by atoms with Crippen LogP contribution in [0.3, 0.4) is 0 Å². The first-order valence-electron chi connectivity index (χ1n) is 6.60. The van der Waals surface area contributed by atoms with Crippen LogP contribution in [-0.4, -0.2) is 30.8 Å². The van der Waals surface area contributed by atoms with Crippen LogP contribution in [0.2, 0.25) is 0 Å². The molecule has 0 aromatic heterocycles. The van der Waals surface area contributed by atoms with Gasteiger partial charge in [0.25, 0.3) is 0 Å². The first-order chi connectivity index (χ1) is 9.58. The molecule has 0 radical (unpaired) electrons. The lowest BCUT2D eigenvalue weighted by Gasteiger charge is -2.11. The Morgan fingerprint density at radius 3 is 2.40 bits per heavy atom. The lowest BCUT2D eigenvalue weighted by atomic mass is 9.99. The highest BCUT2D eigenvalue weighted by molar-refractivity contribution is 5.93. The summed E-state index contributed by atoms with van der Waals surface area (Å²) >= 11 is 0. The number of carboxylic acids is 1. The molecule has 110 valence electrons. The van der Waals surface area contributed by atoms with Gasteiger partial charge in [-0.2, -0.15) is 0 Å². The fraction of sp³-hybridized carbons (Fsp3) is 0.467. The van der Waals surface area contributed by atoms with E-state index in [4.69, 9.17) is 14.6 Å². The Hall–Kier alpha value is -2.04. The van der Waals surface area contributed by atoms with Gasteiger partial charge in [-0.15, -0.1) is 0 Å². The zero-order chi connectivity index (χ0) is 15.0. The summed E-state index contributed by atoms with van der Waals surface area (Å²) in [6, 6.07) is 7.57. The predicted octanol–water partition coefficient (Wildman–Crippen LogP) is 2.28. The summed E-state index contributed by atoms with van der Waals surface area (Å²) in [4.78, 5) is 22.5. The van der Waals surface area contributed by atoms with E-state index in [-0.39, 0.29) is 13.0 Å². The Balaban J connectivity index is 2.47. The molecule has 0 aliphatic carbocycles. The SMILES string of the molecule is CCOC(=O)C(CCCc1ccc(OC)cc1)C(=O)O. The molecule has 1 atom stereocenters. The van der Waals surface area contributed by atoms with E-state index < -0.39 is 17.9 Å². The standard InChI is InChI=1S/C15H20O5/c1-3-20-15(18)13(14(16)17)6-4-5-11-7-9-12(19-2)10-8-11/h7-10,13H,3-6H2,1-2H3,(H,16,17). The Bertz CT molecular complexity index is 438. The monoisotopic (exact) mass is 280 g/mol. The Morgan fingerprint density at radius 1 is 1.25 bits per heavy atom. The van der Waals surface area contributed by atoms with E-state index in [2.05, 4.69) is 0 Å². The van der Waals surface area contributed by atoms with Gasteiger partial charge in [-0.1, -0.05) is 12.1 Å². The summed E-state index contributed by atoms with van der Waals surface area (Å²) in [5, 5.41) is 9.02. The lowest BCUT2D eigenvalue weighted by Crippen LogP contribution is -2.26. The van der Waals surface area contributed by atoms with Crippen molar-refractivity contribution in [1.29, 1.82) is 0 Å². The predicted molar refractivity (Wildman–Crippen MR) is 73.7 cm³/mol. The summed E-state index contributed by atoms with van der Waals surface area (Å²) in [6.45, 7) is 1.86. The van der Waals surface area contributed by atoms with Crippen molar-refractivity contribution >= 4 is 11.9 Å². The molecule has 5 nitrogen and oxygen atoms in total. The minimum atomic E-state index is -1.13. The number of hydrogen-bond acceptors (Lipinski definition) is 4. The number of rotatable bonds is 8. The highest BCUT2D eigenvalue weighted by Crippen LogP contribution is 2.16. The topological polar surface area (TPSA) is 72.8 Å². The average molecular weight is 280 g/mol. The first-order valence-corrected chi connectivity index (χ1v) is 6.60. The third kappa shape index (κ3) is 4.91. The summed E-state index contributed by atoms with van der Waals surface area (Å²) in [7, 11) is 1.60. The first kappa shape index (κ1) is 16.0. The number of methoxy groups -OCH3 is 1. The van der Waals surface area contributed by atoms with Crippen LogP contribution in [0.25, 0.3) is 0 Å². The molecule has 0 aliphatic heterocycles. The summed E-state index contributed by atoms with van der Waals surface area (Å²) in [5.74, 6) is -2.08. The number of esters is 1. The normalized spacial score (nSPS) is 11.7. The van der Waals surface area contributed by atoms with Crippen molar-refractivity contribution in [3.05, 3.63) is 29.8 Å². The summed E-state index contributed by atoms with van der Waals surface area (Å²) in [6.07, 6.45) is 1.61. The smallest absolute Gasteiger partial charge is 0.320 e. The van der Waals surface area contributed by atoms with Gasteiger partial charge in [-0.25, -0.2) is 0 Å². The van der Waals surface area contributed by atoms with E-state index in [9.17, 15) is 9.59 Å². The molecule has 20 heavy (non-hydrogen) atoms. The lowest BCUT2D eigenvalue weighted by molar-refractivity contribution is -0.158. The van der Waals surface area contributed by atoms with Crippen molar-refractivity contribution in [2.75, 3.05) is 13.7 Å². The highest BCUT2D eigenvalue weighted by Gasteiger charge is 2.26. The Morgan fingerprint density at radius 2 is 1.90 bits per heavy atom. The van der Waals surface area contributed by atoms with Gasteiger partial charge in [0.05, 0.1) is 13.7 Å². The number of carbonyl (C=O) groups is 2. The maximum atomic E-state index is 11.5. The largest absolute Gasteiger partial charge is 0.497 e. The summed E-state index contributed by atoms with van der Waals surface area (Å²) in [5.41, 5.74) is 1.08. The van der Waals surface area contributed by atoms with E-state index in [0.717, 1.165) is 11.3 Å². The van der Waals surface area contributed by atoms with Gasteiger partial charge in [0.1, 0.15) is 5.75 Å². The quantitative estimate of drug-likeness (QED) is 0.584. The molecule has 0 saturated carbocycles. The molecule has 0 amide bonds. The minimum Gasteiger partial charge on any atom is -0.497 e. The molecule has 0 spiro atoms. The minimum absolute atomic E-state index is 0.196. The van der Waals surface area contributed by atoms with Crippen LogP contribution in [-0.2, 0) is 20.7 Å². The number of aliphatic carboxylic acids is 1.